The number of carbonyl (C=O) groups excluding carboxylic acids is 1. The number of aryl methyl sites for hydroxylation is 1. The van der Waals surface area contributed by atoms with Crippen LogP contribution >= 0.6 is 0 Å². The lowest BCUT2D eigenvalue weighted by Gasteiger charge is -2.16. The number of benzene rings is 1. The van der Waals surface area contributed by atoms with Crippen LogP contribution in [0.1, 0.15) is 43.1 Å². The number of nitrogens with zero attached hydrogens (tertiary/aromatic N) is 3. The van der Waals surface area contributed by atoms with Gasteiger partial charge in [0.25, 0.3) is 5.91 Å². The van der Waals surface area contributed by atoms with Gasteiger partial charge in [0.15, 0.2) is 6.61 Å². The van der Waals surface area contributed by atoms with E-state index in [1.54, 1.807) is 12.4 Å². The van der Waals surface area contributed by atoms with Gasteiger partial charge in [-0.05, 0) is 37.0 Å². The number of rotatable bonds is 8. The van der Waals surface area contributed by atoms with Crippen LogP contribution in [0.3, 0.4) is 0 Å². The molecule has 1 amide bonds. The third-order valence-electron chi connectivity index (χ3n) is 4.82. The molecule has 0 bridgehead atoms. The molecule has 3 aromatic rings. The van der Waals surface area contributed by atoms with Crippen LogP contribution in [0.5, 0.6) is 5.75 Å². The highest BCUT2D eigenvalue weighted by molar-refractivity contribution is 5.77. The normalized spacial score (nSPS) is 11.8. The van der Waals surface area contributed by atoms with Crippen molar-refractivity contribution in [3.63, 3.8) is 0 Å². The van der Waals surface area contributed by atoms with Crippen molar-refractivity contribution in [3.8, 4) is 11.6 Å². The van der Waals surface area contributed by atoms with Crippen molar-refractivity contribution < 1.29 is 9.53 Å². The van der Waals surface area contributed by atoms with Crippen LogP contribution in [0.2, 0.25) is 0 Å². The van der Waals surface area contributed by atoms with Gasteiger partial charge in [0.2, 0.25) is 0 Å². The summed E-state index contributed by atoms with van der Waals surface area (Å²) < 4.78 is 7.69. The zero-order chi connectivity index (χ0) is 19.9. The number of hydrogen-bond acceptors (Lipinski definition) is 4. The van der Waals surface area contributed by atoms with Crippen LogP contribution in [-0.2, 0) is 11.3 Å². The Kier molecular flexibility index (Phi) is 6.42. The molecule has 0 saturated heterocycles. The molecule has 0 saturated carbocycles. The number of nitrogens with one attached hydrogen (secondary N) is 1. The lowest BCUT2D eigenvalue weighted by atomic mass is 9.98. The molecular formula is C22H26N4O2. The van der Waals surface area contributed by atoms with Gasteiger partial charge in [0.05, 0.1) is 0 Å². The Hall–Kier alpha value is -3.15. The zero-order valence-electron chi connectivity index (χ0n) is 16.6. The fourth-order valence-corrected chi connectivity index (χ4v) is 3.01. The van der Waals surface area contributed by atoms with Gasteiger partial charge in [0.1, 0.15) is 17.4 Å². The highest BCUT2D eigenvalue weighted by Gasteiger charge is 2.12. The Labute approximate surface area is 165 Å². The fourth-order valence-electron chi connectivity index (χ4n) is 3.01. The van der Waals surface area contributed by atoms with Gasteiger partial charge in [0, 0.05) is 30.7 Å². The van der Waals surface area contributed by atoms with Crippen molar-refractivity contribution >= 4 is 5.91 Å². The van der Waals surface area contributed by atoms with E-state index in [-0.39, 0.29) is 12.5 Å². The molecule has 1 unspecified atom stereocenters. The summed E-state index contributed by atoms with van der Waals surface area (Å²) in [6.45, 7) is 6.56. The predicted octanol–water partition coefficient (Wildman–Crippen LogP) is 3.78. The molecule has 0 aliphatic rings. The molecule has 3 rings (SSSR count). The van der Waals surface area contributed by atoms with Crippen LogP contribution in [0.4, 0.5) is 0 Å². The van der Waals surface area contributed by atoms with E-state index in [0.717, 1.165) is 34.9 Å². The van der Waals surface area contributed by atoms with E-state index in [2.05, 4.69) is 35.2 Å². The van der Waals surface area contributed by atoms with E-state index in [9.17, 15) is 4.79 Å². The van der Waals surface area contributed by atoms with Crippen LogP contribution in [0.15, 0.2) is 55.0 Å². The summed E-state index contributed by atoms with van der Waals surface area (Å²) in [5.41, 5.74) is 2.04. The third-order valence-corrected chi connectivity index (χ3v) is 4.82. The first kappa shape index (κ1) is 19.6. The maximum absolute atomic E-state index is 12.3. The van der Waals surface area contributed by atoms with Crippen molar-refractivity contribution in [2.24, 2.45) is 0 Å². The predicted molar refractivity (Wildman–Crippen MR) is 109 cm³/mol. The third kappa shape index (κ3) is 4.57. The molecule has 28 heavy (non-hydrogen) atoms. The van der Waals surface area contributed by atoms with Crippen LogP contribution in [-0.4, -0.2) is 27.0 Å². The van der Waals surface area contributed by atoms with Gasteiger partial charge in [-0.15, -0.1) is 0 Å². The maximum atomic E-state index is 12.3. The van der Waals surface area contributed by atoms with Crippen molar-refractivity contribution in [1.82, 2.24) is 19.9 Å². The molecule has 0 aliphatic carbocycles. The van der Waals surface area contributed by atoms with Crippen LogP contribution in [0.25, 0.3) is 5.82 Å². The first-order valence-corrected chi connectivity index (χ1v) is 9.52. The Bertz CT molecular complexity index is 936. The molecule has 6 heteroatoms. The second-order valence-corrected chi connectivity index (χ2v) is 6.74. The van der Waals surface area contributed by atoms with E-state index in [1.807, 2.05) is 48.0 Å². The van der Waals surface area contributed by atoms with Crippen molar-refractivity contribution in [2.75, 3.05) is 6.61 Å². The minimum atomic E-state index is -0.170. The Morgan fingerprint density at radius 2 is 2.00 bits per heavy atom. The summed E-state index contributed by atoms with van der Waals surface area (Å²) in [5.74, 6) is 2.59. The minimum Gasteiger partial charge on any atom is -0.483 e. The smallest absolute Gasteiger partial charge is 0.258 e. The second-order valence-electron chi connectivity index (χ2n) is 6.74. The molecular weight excluding hydrogens is 352 g/mol. The van der Waals surface area contributed by atoms with Gasteiger partial charge in [-0.2, -0.15) is 0 Å². The lowest BCUT2D eigenvalue weighted by molar-refractivity contribution is -0.123. The van der Waals surface area contributed by atoms with Gasteiger partial charge < -0.3 is 10.1 Å². The molecule has 1 atom stereocenters. The van der Waals surface area contributed by atoms with E-state index in [0.29, 0.717) is 12.5 Å². The number of hydrogen-bond donors (Lipinski definition) is 1. The standard InChI is InChI=1S/C22H26N4O2/c1-4-16(2)19-9-5-6-10-20(19)28-15-21(27)25-14-18-8-7-11-24-22(18)26-13-12-23-17(26)3/h5-13,16H,4,14-15H2,1-3H3,(H,25,27). The Morgan fingerprint density at radius 1 is 1.18 bits per heavy atom. The molecule has 2 aromatic heterocycles. The first-order valence-electron chi connectivity index (χ1n) is 9.52. The largest absolute Gasteiger partial charge is 0.483 e. The molecule has 0 spiro atoms. The van der Waals surface area contributed by atoms with Crippen molar-refractivity contribution in [3.05, 3.63) is 71.9 Å². The van der Waals surface area contributed by atoms with Gasteiger partial charge in [-0.3, -0.25) is 9.36 Å². The van der Waals surface area contributed by atoms with Gasteiger partial charge in [-0.1, -0.05) is 38.1 Å². The number of imidazole rings is 1. The average molecular weight is 378 g/mol. The van der Waals surface area contributed by atoms with Gasteiger partial charge in [-0.25, -0.2) is 9.97 Å². The van der Waals surface area contributed by atoms with E-state index < -0.39 is 0 Å². The number of para-hydroxylation sites is 1. The SMILES string of the molecule is CCC(C)c1ccccc1OCC(=O)NCc1cccnc1-n1ccnc1C. The zero-order valence-corrected chi connectivity index (χ0v) is 16.6. The minimum absolute atomic E-state index is 0.0207. The molecule has 0 radical (unpaired) electrons. The molecule has 1 aromatic carbocycles. The van der Waals surface area contributed by atoms with Crippen LogP contribution in [0, 0.1) is 6.92 Å². The van der Waals surface area contributed by atoms with E-state index in [1.165, 1.54) is 0 Å². The summed E-state index contributed by atoms with van der Waals surface area (Å²) in [6.07, 6.45) is 6.34. The summed E-state index contributed by atoms with van der Waals surface area (Å²) >= 11 is 0. The topological polar surface area (TPSA) is 69.0 Å². The van der Waals surface area contributed by atoms with Crippen molar-refractivity contribution in [1.29, 1.82) is 0 Å². The molecule has 2 heterocycles. The summed E-state index contributed by atoms with van der Waals surface area (Å²) in [4.78, 5) is 21.0. The number of aromatic nitrogens is 3. The number of amides is 1. The molecule has 0 fully saturated rings. The van der Waals surface area contributed by atoms with Crippen LogP contribution < -0.4 is 10.1 Å². The summed E-state index contributed by atoms with van der Waals surface area (Å²) in [6, 6.07) is 11.7. The number of pyridine rings is 1. The fraction of sp³-hybridized carbons (Fsp3) is 0.318. The highest BCUT2D eigenvalue weighted by Crippen LogP contribution is 2.28. The number of carbonyl (C=O) groups is 1. The Balaban J connectivity index is 1.62. The molecule has 1 N–H and O–H groups in total. The maximum Gasteiger partial charge on any atom is 0.258 e. The first-order chi connectivity index (χ1) is 13.6. The summed E-state index contributed by atoms with van der Waals surface area (Å²) in [5, 5.41) is 2.92. The monoisotopic (exact) mass is 378 g/mol. The molecule has 146 valence electrons. The van der Waals surface area contributed by atoms with E-state index >= 15 is 0 Å². The number of ether oxygens (including phenoxy) is 1. The second kappa shape index (κ2) is 9.17. The molecule has 0 aliphatic heterocycles. The van der Waals surface area contributed by atoms with Gasteiger partial charge >= 0.3 is 0 Å². The average Bonchev–Trinajstić information content (AvgIpc) is 3.16. The Morgan fingerprint density at radius 3 is 2.75 bits per heavy atom. The summed E-state index contributed by atoms with van der Waals surface area (Å²) in [7, 11) is 0. The van der Waals surface area contributed by atoms with Crippen molar-refractivity contribution in [2.45, 2.75) is 39.7 Å². The quantitative estimate of drug-likeness (QED) is 0.648. The molecule has 6 nitrogen and oxygen atoms in total. The van der Waals surface area contributed by atoms with E-state index in [4.69, 9.17) is 4.74 Å². The lowest BCUT2D eigenvalue weighted by Crippen LogP contribution is -2.29. The highest BCUT2D eigenvalue weighted by atomic mass is 16.5.